The molecule has 38 heavy (non-hydrogen) atoms. The minimum atomic E-state index is -4.78. The number of fused-ring (bicyclic) bond motifs is 3. The second kappa shape index (κ2) is 9.19. The van der Waals surface area contributed by atoms with E-state index in [9.17, 15) is 26.7 Å². The molecule has 2 aliphatic rings. The molecule has 0 spiro atoms. The van der Waals surface area contributed by atoms with Crippen LogP contribution in [0, 0.1) is 17.5 Å². The first-order chi connectivity index (χ1) is 17.9. The number of aromatic nitrogens is 3. The van der Waals surface area contributed by atoms with E-state index in [4.69, 9.17) is 14.2 Å². The van der Waals surface area contributed by atoms with Crippen molar-refractivity contribution in [1.82, 2.24) is 14.5 Å². The molecule has 2 aromatic heterocycles. The van der Waals surface area contributed by atoms with E-state index in [-0.39, 0.29) is 30.6 Å². The SMILES string of the molecule is C[C@H]1CN2c3c(F)c(OCc4cc(F)c(Oc5ccnc(C(F)(F)F)c5)c(F)c4)nc(=O)n3C[C@]2(C)CO1. The van der Waals surface area contributed by atoms with Gasteiger partial charge in [-0.2, -0.15) is 22.5 Å². The first-order valence-corrected chi connectivity index (χ1v) is 11.4. The molecule has 2 atom stereocenters. The molecule has 2 aliphatic heterocycles. The van der Waals surface area contributed by atoms with Crippen LogP contribution in [0.1, 0.15) is 25.1 Å². The molecule has 3 aromatic rings. The maximum absolute atomic E-state index is 15.4. The van der Waals surface area contributed by atoms with Crippen molar-refractivity contribution < 1.29 is 40.6 Å². The minimum absolute atomic E-state index is 0.00524. The van der Waals surface area contributed by atoms with Crippen molar-refractivity contribution in [2.45, 2.75) is 44.8 Å². The molecule has 0 aliphatic carbocycles. The molecule has 202 valence electrons. The van der Waals surface area contributed by atoms with Gasteiger partial charge in [0.1, 0.15) is 18.1 Å². The van der Waals surface area contributed by atoms with E-state index in [1.165, 1.54) is 4.57 Å². The topological polar surface area (TPSA) is 78.7 Å². The highest BCUT2D eigenvalue weighted by Crippen LogP contribution is 2.39. The molecular weight excluding hydrogens is 522 g/mol. The van der Waals surface area contributed by atoms with Crippen LogP contribution in [0.15, 0.2) is 35.3 Å². The van der Waals surface area contributed by atoms with Crippen LogP contribution in [0.2, 0.25) is 0 Å². The van der Waals surface area contributed by atoms with Crippen LogP contribution in [0.5, 0.6) is 17.4 Å². The molecule has 0 amide bonds. The van der Waals surface area contributed by atoms with Crippen LogP contribution < -0.4 is 20.1 Å². The van der Waals surface area contributed by atoms with Crippen LogP contribution in [0.3, 0.4) is 0 Å². The Labute approximate surface area is 211 Å². The fourth-order valence-electron chi connectivity index (χ4n) is 4.44. The Morgan fingerprint density at radius 1 is 1.18 bits per heavy atom. The van der Waals surface area contributed by atoms with Crippen molar-refractivity contribution in [3.63, 3.8) is 0 Å². The molecule has 14 heteroatoms. The molecule has 0 bridgehead atoms. The van der Waals surface area contributed by atoms with Gasteiger partial charge in [0.05, 0.1) is 24.8 Å². The second-order valence-corrected chi connectivity index (χ2v) is 9.31. The first-order valence-electron chi connectivity index (χ1n) is 11.4. The molecule has 0 unspecified atom stereocenters. The van der Waals surface area contributed by atoms with Gasteiger partial charge in [-0.25, -0.2) is 13.6 Å². The third-order valence-corrected chi connectivity index (χ3v) is 6.27. The van der Waals surface area contributed by atoms with E-state index in [0.29, 0.717) is 12.6 Å². The summed E-state index contributed by atoms with van der Waals surface area (Å²) in [4.78, 5) is 21.1. The zero-order valence-electron chi connectivity index (χ0n) is 20.0. The number of halogens is 6. The normalized spacial score (nSPS) is 20.7. The van der Waals surface area contributed by atoms with Gasteiger partial charge in [-0.05, 0) is 37.6 Å². The number of ether oxygens (including phenoxy) is 3. The Morgan fingerprint density at radius 2 is 1.89 bits per heavy atom. The summed E-state index contributed by atoms with van der Waals surface area (Å²) in [6.45, 7) is 3.85. The summed E-state index contributed by atoms with van der Waals surface area (Å²) in [5.74, 6) is -5.46. The molecule has 4 heterocycles. The number of hydrogen-bond donors (Lipinski definition) is 0. The zero-order valence-corrected chi connectivity index (χ0v) is 20.0. The molecule has 0 saturated carbocycles. The summed E-state index contributed by atoms with van der Waals surface area (Å²) in [7, 11) is 0. The van der Waals surface area contributed by atoms with Crippen molar-refractivity contribution in [2.75, 3.05) is 18.1 Å². The number of alkyl halides is 3. The summed E-state index contributed by atoms with van der Waals surface area (Å²) >= 11 is 0. The number of rotatable bonds is 5. The van der Waals surface area contributed by atoms with Gasteiger partial charge in [0, 0.05) is 18.8 Å². The fourth-order valence-corrected chi connectivity index (χ4v) is 4.44. The Bertz CT molecular complexity index is 1440. The molecule has 0 N–H and O–H groups in total. The quantitative estimate of drug-likeness (QED) is 0.441. The van der Waals surface area contributed by atoms with Crippen molar-refractivity contribution >= 4 is 5.82 Å². The van der Waals surface area contributed by atoms with Crippen LogP contribution >= 0.6 is 0 Å². The lowest BCUT2D eigenvalue weighted by Crippen LogP contribution is -2.56. The van der Waals surface area contributed by atoms with Gasteiger partial charge in [0.2, 0.25) is 5.82 Å². The second-order valence-electron chi connectivity index (χ2n) is 9.31. The average molecular weight is 542 g/mol. The number of anilines is 1. The third kappa shape index (κ3) is 4.64. The number of benzene rings is 1. The van der Waals surface area contributed by atoms with E-state index in [2.05, 4.69) is 9.97 Å². The lowest BCUT2D eigenvalue weighted by molar-refractivity contribution is -0.141. The van der Waals surface area contributed by atoms with E-state index in [1.807, 2.05) is 13.8 Å². The van der Waals surface area contributed by atoms with Crippen molar-refractivity contribution in [2.24, 2.45) is 0 Å². The highest BCUT2D eigenvalue weighted by atomic mass is 19.4. The smallest absolute Gasteiger partial charge is 0.433 e. The molecule has 5 rings (SSSR count). The predicted octanol–water partition coefficient (Wildman–Crippen LogP) is 4.44. The van der Waals surface area contributed by atoms with Gasteiger partial charge >= 0.3 is 11.9 Å². The number of pyridine rings is 1. The Hall–Kier alpha value is -3.81. The Morgan fingerprint density at radius 3 is 2.58 bits per heavy atom. The maximum Gasteiger partial charge on any atom is 0.433 e. The van der Waals surface area contributed by atoms with Crippen molar-refractivity contribution in [1.29, 1.82) is 0 Å². The number of morpholine rings is 1. The molecule has 8 nitrogen and oxygen atoms in total. The molecule has 0 radical (unpaired) electrons. The summed E-state index contributed by atoms with van der Waals surface area (Å²) in [6.07, 6.45) is -4.20. The Balaban J connectivity index is 1.36. The molecule has 1 fully saturated rings. The summed E-state index contributed by atoms with van der Waals surface area (Å²) in [5, 5.41) is 0. The minimum Gasteiger partial charge on any atom is -0.471 e. The monoisotopic (exact) mass is 542 g/mol. The third-order valence-electron chi connectivity index (χ3n) is 6.27. The lowest BCUT2D eigenvalue weighted by Gasteiger charge is -2.42. The van der Waals surface area contributed by atoms with E-state index < -0.39 is 64.5 Å². The van der Waals surface area contributed by atoms with Gasteiger partial charge in [-0.1, -0.05) is 0 Å². The van der Waals surface area contributed by atoms with Gasteiger partial charge < -0.3 is 19.1 Å². The van der Waals surface area contributed by atoms with Gasteiger partial charge in [-0.15, -0.1) is 0 Å². The van der Waals surface area contributed by atoms with Crippen molar-refractivity contribution in [3.8, 4) is 17.4 Å². The van der Waals surface area contributed by atoms with E-state index in [1.54, 1.807) is 4.90 Å². The van der Waals surface area contributed by atoms with Gasteiger partial charge in [0.25, 0.3) is 5.88 Å². The molecular formula is C24H20F6N4O4. The average Bonchev–Trinajstić information content (AvgIpc) is 3.16. The molecule has 1 saturated heterocycles. The van der Waals surface area contributed by atoms with Crippen LogP contribution in [-0.2, 0) is 24.1 Å². The summed E-state index contributed by atoms with van der Waals surface area (Å²) < 4.78 is 100. The molecule has 1 aromatic carbocycles. The van der Waals surface area contributed by atoms with E-state index in [0.717, 1.165) is 24.4 Å². The van der Waals surface area contributed by atoms with Crippen LogP contribution in [0.25, 0.3) is 0 Å². The van der Waals surface area contributed by atoms with Gasteiger partial charge in [-0.3, -0.25) is 9.55 Å². The highest BCUT2D eigenvalue weighted by molar-refractivity contribution is 5.51. The Kier molecular flexibility index (Phi) is 6.24. The van der Waals surface area contributed by atoms with Crippen LogP contribution in [0.4, 0.5) is 32.2 Å². The van der Waals surface area contributed by atoms with Gasteiger partial charge in [0.15, 0.2) is 23.2 Å². The fraction of sp³-hybridized carbons (Fsp3) is 0.375. The lowest BCUT2D eigenvalue weighted by atomic mass is 10.0. The van der Waals surface area contributed by atoms with Crippen molar-refractivity contribution in [3.05, 3.63) is 69.7 Å². The summed E-state index contributed by atoms with van der Waals surface area (Å²) in [6, 6.07) is 3.12. The van der Waals surface area contributed by atoms with Crippen LogP contribution in [-0.4, -0.2) is 39.3 Å². The number of nitrogens with zero attached hydrogens (tertiary/aromatic N) is 4. The first kappa shape index (κ1) is 25.8. The zero-order chi connectivity index (χ0) is 27.4. The standard InChI is InChI=1S/C24H20F6N4O4/c1-12-8-34-21-18(27)20(32-22(35)33(21)10-23(34,2)11-37-12)36-9-13-5-15(25)19(16(26)6-13)38-14-3-4-31-17(7-14)24(28,29)30/h3-7,12H,8-11H2,1-2H3/t12-,23+/m0/s1. The maximum atomic E-state index is 15.4. The summed E-state index contributed by atoms with van der Waals surface area (Å²) in [5.41, 5.74) is -2.81. The number of hydrogen-bond acceptors (Lipinski definition) is 7. The predicted molar refractivity (Wildman–Crippen MR) is 120 cm³/mol. The van der Waals surface area contributed by atoms with E-state index >= 15 is 4.39 Å². The highest BCUT2D eigenvalue weighted by Gasteiger charge is 2.47. The largest absolute Gasteiger partial charge is 0.471 e.